The zero-order valence-electron chi connectivity index (χ0n) is 13.6. The predicted octanol–water partition coefficient (Wildman–Crippen LogP) is 5.54. The quantitative estimate of drug-likeness (QED) is 0.331. The first-order valence-corrected chi connectivity index (χ1v) is 8.86. The topological polar surface area (TPSA) is 17.1 Å². The molecule has 0 aliphatic carbocycles. The molecule has 1 nitrogen and oxygen atoms in total. The van der Waals surface area contributed by atoms with Crippen molar-refractivity contribution in [2.24, 2.45) is 0 Å². The molecule has 0 saturated heterocycles. The molecule has 0 unspecified atom stereocenters. The molecule has 0 aliphatic heterocycles. The molecule has 0 bridgehead atoms. The van der Waals surface area contributed by atoms with Gasteiger partial charge >= 0.3 is 0 Å². The van der Waals surface area contributed by atoms with Crippen molar-refractivity contribution in [2.45, 2.75) is 21.6 Å². The summed E-state index contributed by atoms with van der Waals surface area (Å²) >= 11 is 0. The van der Waals surface area contributed by atoms with Crippen LogP contribution in [-0.4, -0.2) is 5.78 Å². The second kappa shape index (κ2) is 7.33. The number of ketones is 1. The van der Waals surface area contributed by atoms with E-state index in [0.29, 0.717) is 10.5 Å². The van der Waals surface area contributed by atoms with E-state index in [1.165, 1.54) is 43.3 Å². The molecule has 0 aliphatic rings. The van der Waals surface area contributed by atoms with Gasteiger partial charge in [-0.25, -0.2) is 17.6 Å². The average molecular weight is 377 g/mol. The van der Waals surface area contributed by atoms with Gasteiger partial charge in [-0.2, -0.15) is 0 Å². The molecule has 0 heterocycles. The fourth-order valence-corrected chi connectivity index (χ4v) is 4.65. The summed E-state index contributed by atoms with van der Waals surface area (Å²) in [6.45, 7) is 1.38. The van der Waals surface area contributed by atoms with E-state index in [9.17, 15) is 22.4 Å². The third-order valence-electron chi connectivity index (χ3n) is 3.74. The molecule has 3 rings (SSSR count). The van der Waals surface area contributed by atoms with E-state index >= 15 is 0 Å². The molecule has 0 radical (unpaired) electrons. The van der Waals surface area contributed by atoms with E-state index in [1.807, 2.05) is 0 Å². The molecule has 0 atom stereocenters. The molecule has 0 saturated carbocycles. The Morgan fingerprint density at radius 2 is 1.08 bits per heavy atom. The van der Waals surface area contributed by atoms with Crippen LogP contribution in [0.3, 0.4) is 0 Å². The van der Waals surface area contributed by atoms with Crippen LogP contribution in [0.25, 0.3) is 0 Å². The maximum absolute atomic E-state index is 14.4. The minimum absolute atomic E-state index is 0.189. The fourth-order valence-electron chi connectivity index (χ4n) is 2.52. The molecule has 26 heavy (non-hydrogen) atoms. The van der Waals surface area contributed by atoms with Crippen molar-refractivity contribution in [3.63, 3.8) is 0 Å². The van der Waals surface area contributed by atoms with Crippen LogP contribution in [0.1, 0.15) is 17.3 Å². The number of carbonyl (C=O) groups is 1. The lowest BCUT2D eigenvalue weighted by molar-refractivity contribution is 0.101. The molecular formula is C20H13F4OS+. The lowest BCUT2D eigenvalue weighted by Crippen LogP contribution is -2.13. The summed E-state index contributed by atoms with van der Waals surface area (Å²) < 4.78 is 57.6. The van der Waals surface area contributed by atoms with E-state index in [4.69, 9.17) is 0 Å². The Bertz CT molecular complexity index is 878. The molecule has 0 spiro atoms. The Morgan fingerprint density at radius 1 is 0.692 bits per heavy atom. The number of halogens is 4. The summed E-state index contributed by atoms with van der Waals surface area (Å²) in [5.41, 5.74) is 0.389. The fraction of sp³-hybridized carbons (Fsp3) is 0.0500. The Balaban J connectivity index is 2.28. The zero-order valence-corrected chi connectivity index (χ0v) is 14.4. The average Bonchev–Trinajstić information content (AvgIpc) is 2.60. The van der Waals surface area contributed by atoms with Crippen molar-refractivity contribution >= 4 is 16.7 Å². The van der Waals surface area contributed by atoms with Crippen molar-refractivity contribution in [3.8, 4) is 0 Å². The molecule has 3 aromatic carbocycles. The SMILES string of the molecule is CC(=O)c1ccc([S+](c2c(F)cccc2F)c2c(F)cccc2F)cc1. The maximum Gasteiger partial charge on any atom is 0.237 e. The summed E-state index contributed by atoms with van der Waals surface area (Å²) in [4.78, 5) is 10.9. The Morgan fingerprint density at radius 3 is 1.42 bits per heavy atom. The molecule has 132 valence electrons. The van der Waals surface area contributed by atoms with Crippen molar-refractivity contribution < 1.29 is 22.4 Å². The maximum atomic E-state index is 14.4. The highest BCUT2D eigenvalue weighted by Gasteiger charge is 2.40. The third kappa shape index (κ3) is 3.37. The number of rotatable bonds is 4. The first-order valence-electron chi connectivity index (χ1n) is 7.63. The van der Waals surface area contributed by atoms with E-state index < -0.39 is 44.0 Å². The third-order valence-corrected chi connectivity index (χ3v) is 6.08. The lowest BCUT2D eigenvalue weighted by Gasteiger charge is -2.11. The zero-order chi connectivity index (χ0) is 18.8. The van der Waals surface area contributed by atoms with Crippen molar-refractivity contribution in [3.05, 3.63) is 89.5 Å². The highest BCUT2D eigenvalue weighted by Crippen LogP contribution is 2.37. The van der Waals surface area contributed by atoms with Gasteiger partial charge in [-0.3, -0.25) is 4.79 Å². The van der Waals surface area contributed by atoms with E-state index in [0.717, 1.165) is 24.3 Å². The van der Waals surface area contributed by atoms with Crippen LogP contribution in [0.5, 0.6) is 0 Å². The molecule has 6 heteroatoms. The first-order chi connectivity index (χ1) is 12.4. The predicted molar refractivity (Wildman–Crippen MR) is 91.3 cm³/mol. The Kier molecular flexibility index (Phi) is 5.13. The Hall–Kier alpha value is -2.60. The summed E-state index contributed by atoms with van der Waals surface area (Å²) in [5.74, 6) is -3.78. The van der Waals surface area contributed by atoms with E-state index in [-0.39, 0.29) is 5.78 Å². The van der Waals surface area contributed by atoms with Crippen LogP contribution in [0.2, 0.25) is 0 Å². The lowest BCUT2D eigenvalue weighted by atomic mass is 10.2. The molecule has 0 fully saturated rings. The highest BCUT2D eigenvalue weighted by atomic mass is 32.2. The van der Waals surface area contributed by atoms with Crippen LogP contribution in [0, 0.1) is 23.3 Å². The number of Topliss-reactive ketones (excluding diaryl/α,β-unsaturated/α-hetero) is 1. The van der Waals surface area contributed by atoms with Gasteiger partial charge in [0.1, 0.15) is 10.9 Å². The second-order valence-electron chi connectivity index (χ2n) is 5.49. The number of carbonyl (C=O) groups excluding carboxylic acids is 1. The monoisotopic (exact) mass is 377 g/mol. The number of hydrogen-bond donors (Lipinski definition) is 0. The first kappa shape index (κ1) is 18.2. The van der Waals surface area contributed by atoms with Gasteiger partial charge in [-0.15, -0.1) is 0 Å². The number of benzene rings is 3. The van der Waals surface area contributed by atoms with Crippen LogP contribution in [0.15, 0.2) is 75.4 Å². The van der Waals surface area contributed by atoms with Gasteiger partial charge < -0.3 is 0 Å². The summed E-state index contributed by atoms with van der Waals surface area (Å²) in [7, 11) is -1.69. The molecular weight excluding hydrogens is 364 g/mol. The van der Waals surface area contributed by atoms with Gasteiger partial charge in [0.25, 0.3) is 0 Å². The van der Waals surface area contributed by atoms with Gasteiger partial charge in [0.05, 0.1) is 0 Å². The largest absolute Gasteiger partial charge is 0.295 e. The normalized spacial score (nSPS) is 11.0. The van der Waals surface area contributed by atoms with Gasteiger partial charge in [-0.1, -0.05) is 12.1 Å². The smallest absolute Gasteiger partial charge is 0.237 e. The molecule has 0 amide bonds. The van der Waals surface area contributed by atoms with Gasteiger partial charge in [0.2, 0.25) is 9.79 Å². The van der Waals surface area contributed by atoms with Gasteiger partial charge in [-0.05, 0) is 55.5 Å². The Labute approximate surface area is 150 Å². The van der Waals surface area contributed by atoms with Crippen molar-refractivity contribution in [2.75, 3.05) is 0 Å². The number of hydrogen-bond acceptors (Lipinski definition) is 1. The summed E-state index contributed by atoms with van der Waals surface area (Å²) in [6, 6.07) is 12.4. The molecule has 0 aromatic heterocycles. The van der Waals surface area contributed by atoms with Gasteiger partial charge in [0.15, 0.2) is 33.9 Å². The van der Waals surface area contributed by atoms with Crippen LogP contribution < -0.4 is 0 Å². The van der Waals surface area contributed by atoms with Crippen molar-refractivity contribution in [1.29, 1.82) is 0 Å². The second-order valence-corrected chi connectivity index (χ2v) is 7.39. The summed E-state index contributed by atoms with van der Waals surface area (Å²) in [6.07, 6.45) is 0. The van der Waals surface area contributed by atoms with Crippen LogP contribution in [-0.2, 0) is 10.9 Å². The van der Waals surface area contributed by atoms with Crippen molar-refractivity contribution in [1.82, 2.24) is 0 Å². The minimum Gasteiger partial charge on any atom is -0.295 e. The van der Waals surface area contributed by atoms with Crippen LogP contribution >= 0.6 is 0 Å². The van der Waals surface area contributed by atoms with Gasteiger partial charge in [0, 0.05) is 5.56 Å². The molecule has 3 aromatic rings. The molecule has 0 N–H and O–H groups in total. The minimum atomic E-state index is -1.69. The highest BCUT2D eigenvalue weighted by molar-refractivity contribution is 7.97. The van der Waals surface area contributed by atoms with E-state index in [1.54, 1.807) is 0 Å². The van der Waals surface area contributed by atoms with E-state index in [2.05, 4.69) is 0 Å². The van der Waals surface area contributed by atoms with Crippen LogP contribution in [0.4, 0.5) is 17.6 Å². The summed E-state index contributed by atoms with van der Waals surface area (Å²) in [5, 5.41) is 0. The standard InChI is InChI=1S/C20H13F4OS/c1-12(25)13-8-10-14(11-9-13)26(19-15(21)4-2-5-16(19)22)20-17(23)6-3-7-18(20)24/h2-11H,1H3/q+1.